The average molecular weight is 341 g/mol. The third-order valence-electron chi connectivity index (χ3n) is 4.14. The molecular weight excluding hydrogens is 314 g/mol. The van der Waals surface area contributed by atoms with Crippen molar-refractivity contribution in [2.24, 2.45) is 0 Å². The van der Waals surface area contributed by atoms with Gasteiger partial charge in [-0.2, -0.15) is 0 Å². The Bertz CT molecular complexity index is 761. The molecule has 0 aromatic heterocycles. The van der Waals surface area contributed by atoms with Crippen LogP contribution in [0.1, 0.15) is 63.0 Å². The minimum Gasteiger partial charge on any atom is -0.507 e. The largest absolute Gasteiger partial charge is 0.507 e. The molecule has 0 aliphatic rings. The van der Waals surface area contributed by atoms with E-state index >= 15 is 0 Å². The Morgan fingerprint density at radius 1 is 0.880 bits per heavy atom. The summed E-state index contributed by atoms with van der Waals surface area (Å²) < 4.78 is 0. The second kappa shape index (κ2) is 6.43. The maximum atomic E-state index is 12.7. The predicted molar refractivity (Wildman–Crippen MR) is 102 cm³/mol. The summed E-state index contributed by atoms with van der Waals surface area (Å²) in [4.78, 5) is 12.7. The van der Waals surface area contributed by atoms with Gasteiger partial charge in [-0.1, -0.05) is 53.7 Å². The monoisotopic (exact) mass is 341 g/mol. The van der Waals surface area contributed by atoms with Gasteiger partial charge in [0.05, 0.1) is 5.69 Å². The zero-order valence-electron chi connectivity index (χ0n) is 15.8. The number of para-hydroxylation sites is 2. The van der Waals surface area contributed by atoms with Crippen LogP contribution in [0.4, 0.5) is 5.69 Å². The summed E-state index contributed by atoms with van der Waals surface area (Å²) in [5.74, 6) is -0.0710. The highest BCUT2D eigenvalue weighted by molar-refractivity contribution is 6.05. The maximum Gasteiger partial charge on any atom is 0.255 e. The normalized spacial score (nSPS) is 12.1. The molecule has 0 bridgehead atoms. The van der Waals surface area contributed by atoms with Crippen LogP contribution in [0.3, 0.4) is 0 Å². The lowest BCUT2D eigenvalue weighted by Gasteiger charge is -2.28. The second-order valence-electron chi connectivity index (χ2n) is 8.39. The molecule has 0 heterocycles. The Kier molecular flexibility index (Phi) is 4.85. The van der Waals surface area contributed by atoms with E-state index in [0.717, 1.165) is 11.1 Å². The maximum absolute atomic E-state index is 12.7. The molecule has 4 nitrogen and oxygen atoms in total. The number of phenols is 2. The fourth-order valence-electron chi connectivity index (χ4n) is 2.68. The first-order chi connectivity index (χ1) is 11.4. The standard InChI is InChI=1S/C21H27NO3/c1-20(2,3)14-11-13(12-15(18(14)24)21(4,5)6)19(25)22-16-9-7-8-10-17(16)23/h7-12,23-24H,1-6H3,(H,22,25). The van der Waals surface area contributed by atoms with Gasteiger partial charge in [0.25, 0.3) is 5.91 Å². The number of phenolic OH excluding ortho intramolecular Hbond substituents is 2. The Balaban J connectivity index is 2.54. The number of aromatic hydroxyl groups is 2. The molecular formula is C21H27NO3. The number of rotatable bonds is 2. The smallest absolute Gasteiger partial charge is 0.255 e. The van der Waals surface area contributed by atoms with Crippen LogP contribution < -0.4 is 5.32 Å². The van der Waals surface area contributed by atoms with E-state index in [4.69, 9.17) is 0 Å². The van der Waals surface area contributed by atoms with Crippen LogP contribution in [0, 0.1) is 0 Å². The summed E-state index contributed by atoms with van der Waals surface area (Å²) in [6.07, 6.45) is 0. The first-order valence-electron chi connectivity index (χ1n) is 8.38. The van der Waals surface area contributed by atoms with Gasteiger partial charge in [0.15, 0.2) is 0 Å². The summed E-state index contributed by atoms with van der Waals surface area (Å²) in [5, 5.41) is 23.3. The molecule has 0 spiro atoms. The van der Waals surface area contributed by atoms with Crippen LogP contribution in [-0.2, 0) is 10.8 Å². The van der Waals surface area contributed by atoms with Gasteiger partial charge in [0.2, 0.25) is 0 Å². The summed E-state index contributed by atoms with van der Waals surface area (Å²) in [5.41, 5.74) is 1.64. The number of carbonyl (C=O) groups is 1. The molecule has 0 aliphatic carbocycles. The molecule has 0 saturated heterocycles. The van der Waals surface area contributed by atoms with Gasteiger partial charge in [-0.3, -0.25) is 4.79 Å². The highest BCUT2D eigenvalue weighted by atomic mass is 16.3. The van der Waals surface area contributed by atoms with Crippen LogP contribution in [0.25, 0.3) is 0 Å². The molecule has 0 saturated carbocycles. The molecule has 2 aromatic carbocycles. The molecule has 0 unspecified atom stereocenters. The van der Waals surface area contributed by atoms with Crippen LogP contribution >= 0.6 is 0 Å². The Labute approximate surface area is 149 Å². The van der Waals surface area contributed by atoms with Crippen molar-refractivity contribution >= 4 is 11.6 Å². The zero-order chi connectivity index (χ0) is 19.0. The lowest BCUT2D eigenvalue weighted by atomic mass is 9.78. The molecule has 134 valence electrons. The van der Waals surface area contributed by atoms with Crippen molar-refractivity contribution in [3.05, 3.63) is 53.1 Å². The quantitative estimate of drug-likeness (QED) is 0.677. The van der Waals surface area contributed by atoms with Crippen molar-refractivity contribution in [1.82, 2.24) is 0 Å². The Hall–Kier alpha value is -2.49. The molecule has 0 aliphatic heterocycles. The van der Waals surface area contributed by atoms with Crippen LogP contribution in [0.2, 0.25) is 0 Å². The van der Waals surface area contributed by atoms with Gasteiger partial charge in [0, 0.05) is 16.7 Å². The van der Waals surface area contributed by atoms with Gasteiger partial charge in [-0.15, -0.1) is 0 Å². The lowest BCUT2D eigenvalue weighted by molar-refractivity contribution is 0.102. The summed E-state index contributed by atoms with van der Waals surface area (Å²) >= 11 is 0. The SMILES string of the molecule is CC(C)(C)c1cc(C(=O)Nc2ccccc2O)cc(C(C)(C)C)c1O. The third kappa shape index (κ3) is 4.13. The zero-order valence-corrected chi connectivity index (χ0v) is 15.8. The number of anilines is 1. The molecule has 1 amide bonds. The van der Waals surface area contributed by atoms with Crippen molar-refractivity contribution in [3.8, 4) is 11.5 Å². The van der Waals surface area contributed by atoms with E-state index in [1.807, 2.05) is 41.5 Å². The van der Waals surface area contributed by atoms with Gasteiger partial charge in [-0.25, -0.2) is 0 Å². The van der Waals surface area contributed by atoms with E-state index in [1.54, 1.807) is 30.3 Å². The fourth-order valence-corrected chi connectivity index (χ4v) is 2.68. The van der Waals surface area contributed by atoms with Gasteiger partial charge < -0.3 is 15.5 Å². The first kappa shape index (κ1) is 18.8. The molecule has 0 radical (unpaired) electrons. The number of carbonyl (C=O) groups excluding carboxylic acids is 1. The van der Waals surface area contributed by atoms with Crippen LogP contribution in [-0.4, -0.2) is 16.1 Å². The molecule has 2 aromatic rings. The van der Waals surface area contributed by atoms with E-state index in [9.17, 15) is 15.0 Å². The second-order valence-corrected chi connectivity index (χ2v) is 8.39. The summed E-state index contributed by atoms with van der Waals surface area (Å²) in [6, 6.07) is 10.0. The Morgan fingerprint density at radius 2 is 1.36 bits per heavy atom. The van der Waals surface area contributed by atoms with E-state index in [1.165, 1.54) is 6.07 Å². The molecule has 25 heavy (non-hydrogen) atoms. The molecule has 0 fully saturated rings. The number of benzene rings is 2. The fraction of sp³-hybridized carbons (Fsp3) is 0.381. The Morgan fingerprint density at radius 3 is 1.80 bits per heavy atom. The molecule has 3 N–H and O–H groups in total. The van der Waals surface area contributed by atoms with Gasteiger partial charge >= 0.3 is 0 Å². The van der Waals surface area contributed by atoms with E-state index < -0.39 is 0 Å². The minimum absolute atomic E-state index is 0.0155. The van der Waals surface area contributed by atoms with E-state index in [2.05, 4.69) is 5.32 Å². The summed E-state index contributed by atoms with van der Waals surface area (Å²) in [7, 11) is 0. The van der Waals surface area contributed by atoms with Gasteiger partial charge in [0.1, 0.15) is 11.5 Å². The number of amides is 1. The molecule has 0 atom stereocenters. The van der Waals surface area contributed by atoms with Crippen molar-refractivity contribution in [3.63, 3.8) is 0 Å². The van der Waals surface area contributed by atoms with E-state index in [-0.39, 0.29) is 28.2 Å². The third-order valence-corrected chi connectivity index (χ3v) is 4.14. The highest BCUT2D eigenvalue weighted by Crippen LogP contribution is 2.40. The molecule has 2 rings (SSSR count). The molecule has 4 heteroatoms. The topological polar surface area (TPSA) is 69.6 Å². The number of hydrogen-bond donors (Lipinski definition) is 3. The van der Waals surface area contributed by atoms with Crippen molar-refractivity contribution in [2.45, 2.75) is 52.4 Å². The lowest BCUT2D eigenvalue weighted by Crippen LogP contribution is -2.20. The first-order valence-corrected chi connectivity index (χ1v) is 8.38. The number of hydrogen-bond acceptors (Lipinski definition) is 3. The highest BCUT2D eigenvalue weighted by Gasteiger charge is 2.27. The van der Waals surface area contributed by atoms with Crippen molar-refractivity contribution < 1.29 is 15.0 Å². The van der Waals surface area contributed by atoms with Crippen LogP contribution in [0.5, 0.6) is 11.5 Å². The average Bonchev–Trinajstić information content (AvgIpc) is 2.47. The van der Waals surface area contributed by atoms with Gasteiger partial charge in [-0.05, 0) is 35.1 Å². The summed E-state index contributed by atoms with van der Waals surface area (Å²) in [6.45, 7) is 12.0. The van der Waals surface area contributed by atoms with E-state index in [0.29, 0.717) is 11.3 Å². The predicted octanol–water partition coefficient (Wildman–Crippen LogP) is 4.95. The minimum atomic E-state index is -0.322. The van der Waals surface area contributed by atoms with Crippen molar-refractivity contribution in [2.75, 3.05) is 5.32 Å². The van der Waals surface area contributed by atoms with Crippen LogP contribution in [0.15, 0.2) is 36.4 Å². The number of nitrogens with one attached hydrogen (secondary N) is 1. The van der Waals surface area contributed by atoms with Crippen molar-refractivity contribution in [1.29, 1.82) is 0 Å².